The van der Waals surface area contributed by atoms with Gasteiger partial charge in [0.25, 0.3) is 0 Å². The lowest BCUT2D eigenvalue weighted by Gasteiger charge is -2.24. The van der Waals surface area contributed by atoms with Gasteiger partial charge in [-0.05, 0) is 51.0 Å². The van der Waals surface area contributed by atoms with Gasteiger partial charge in [0.1, 0.15) is 0 Å². The molecule has 1 aromatic rings. The first-order valence-corrected chi connectivity index (χ1v) is 5.36. The molecule has 94 valence electrons. The minimum absolute atomic E-state index is 0.0572. The maximum Gasteiger partial charge on any atom is 0.335 e. The third-order valence-electron chi connectivity index (χ3n) is 2.59. The molecule has 0 saturated heterocycles. The summed E-state index contributed by atoms with van der Waals surface area (Å²) >= 11 is 0. The first-order chi connectivity index (χ1) is 7.51. The van der Waals surface area contributed by atoms with Gasteiger partial charge >= 0.3 is 5.97 Å². The Balaban J connectivity index is 3.45. The van der Waals surface area contributed by atoms with E-state index in [9.17, 15) is 15.0 Å². The molecular weight excluding hydrogens is 220 g/mol. The third-order valence-corrected chi connectivity index (χ3v) is 2.59. The Bertz CT molecular complexity index is 403. The normalized spacial score (nSPS) is 12.6. The molecule has 0 amide bonds. The number of aromatic carboxylic acids is 1. The summed E-state index contributed by atoms with van der Waals surface area (Å²) in [5, 5.41) is 28.8. The zero-order valence-electron chi connectivity index (χ0n) is 10.5. The van der Waals surface area contributed by atoms with Crippen LogP contribution >= 0.6 is 0 Å². The van der Waals surface area contributed by atoms with Gasteiger partial charge in [-0.3, -0.25) is 0 Å². The Kier molecular flexibility index (Phi) is 3.32. The number of hydrogen-bond donors (Lipinski definition) is 3. The second kappa shape index (κ2) is 4.13. The van der Waals surface area contributed by atoms with Crippen molar-refractivity contribution in [1.29, 1.82) is 0 Å². The van der Waals surface area contributed by atoms with Gasteiger partial charge in [0.2, 0.25) is 0 Å². The van der Waals surface area contributed by atoms with E-state index in [1.165, 1.54) is 12.1 Å². The van der Waals surface area contributed by atoms with E-state index in [0.717, 1.165) is 0 Å². The number of rotatable bonds is 3. The zero-order valence-corrected chi connectivity index (χ0v) is 10.5. The lowest BCUT2D eigenvalue weighted by Crippen LogP contribution is -2.21. The maximum absolute atomic E-state index is 11.0. The van der Waals surface area contributed by atoms with Gasteiger partial charge in [0.05, 0.1) is 16.8 Å². The monoisotopic (exact) mass is 238 g/mol. The highest BCUT2D eigenvalue weighted by atomic mass is 16.4. The van der Waals surface area contributed by atoms with E-state index in [1.54, 1.807) is 33.8 Å². The predicted molar refractivity (Wildman–Crippen MR) is 63.9 cm³/mol. The molecule has 1 aromatic carbocycles. The molecule has 0 spiro atoms. The van der Waals surface area contributed by atoms with E-state index in [4.69, 9.17) is 5.11 Å². The van der Waals surface area contributed by atoms with Gasteiger partial charge in [-0.1, -0.05) is 6.07 Å². The van der Waals surface area contributed by atoms with E-state index in [0.29, 0.717) is 11.1 Å². The molecule has 0 atom stereocenters. The van der Waals surface area contributed by atoms with Crippen LogP contribution < -0.4 is 0 Å². The Morgan fingerprint density at radius 3 is 1.53 bits per heavy atom. The maximum atomic E-state index is 11.0. The van der Waals surface area contributed by atoms with Gasteiger partial charge in [-0.15, -0.1) is 0 Å². The number of benzene rings is 1. The molecule has 4 nitrogen and oxygen atoms in total. The van der Waals surface area contributed by atoms with E-state index >= 15 is 0 Å². The highest BCUT2D eigenvalue weighted by Gasteiger charge is 2.24. The highest BCUT2D eigenvalue weighted by Crippen LogP contribution is 2.28. The average Bonchev–Trinajstić information content (AvgIpc) is 2.14. The standard InChI is InChI=1S/C13H18O4/c1-12(2,16)9-5-8(11(14)15)6-10(7-9)13(3,4)17/h5-7,16-17H,1-4H3,(H,14,15). The van der Waals surface area contributed by atoms with Crippen molar-refractivity contribution in [1.82, 2.24) is 0 Å². The molecule has 0 aliphatic heterocycles. The van der Waals surface area contributed by atoms with Crippen LogP contribution in [0.4, 0.5) is 0 Å². The van der Waals surface area contributed by atoms with Crippen LogP contribution in [0.1, 0.15) is 49.2 Å². The molecule has 0 fully saturated rings. The van der Waals surface area contributed by atoms with Gasteiger partial charge in [-0.2, -0.15) is 0 Å². The summed E-state index contributed by atoms with van der Waals surface area (Å²) in [7, 11) is 0. The second-order valence-electron chi connectivity index (χ2n) is 5.22. The Morgan fingerprint density at radius 2 is 1.29 bits per heavy atom. The summed E-state index contributed by atoms with van der Waals surface area (Å²) in [6.45, 7) is 6.29. The van der Waals surface area contributed by atoms with Gasteiger partial charge in [0, 0.05) is 0 Å². The molecule has 17 heavy (non-hydrogen) atoms. The number of carbonyl (C=O) groups is 1. The first kappa shape index (κ1) is 13.7. The summed E-state index contributed by atoms with van der Waals surface area (Å²) in [5.41, 5.74) is -1.30. The van der Waals surface area contributed by atoms with Crippen LogP contribution in [0, 0.1) is 0 Å². The number of carboxylic acid groups (broad SMARTS) is 1. The molecular formula is C13H18O4. The molecule has 0 aliphatic rings. The van der Waals surface area contributed by atoms with Crippen LogP contribution in [-0.2, 0) is 11.2 Å². The minimum Gasteiger partial charge on any atom is -0.478 e. The topological polar surface area (TPSA) is 77.8 Å². The largest absolute Gasteiger partial charge is 0.478 e. The van der Waals surface area contributed by atoms with Crippen molar-refractivity contribution in [3.05, 3.63) is 34.9 Å². The third kappa shape index (κ3) is 3.28. The molecule has 0 aliphatic carbocycles. The number of hydrogen-bond acceptors (Lipinski definition) is 3. The molecule has 3 N–H and O–H groups in total. The Hall–Kier alpha value is -1.39. The second-order valence-corrected chi connectivity index (χ2v) is 5.22. The van der Waals surface area contributed by atoms with E-state index in [2.05, 4.69) is 0 Å². The quantitative estimate of drug-likeness (QED) is 0.750. The summed E-state index contributed by atoms with van der Waals surface area (Å²) in [6, 6.07) is 4.45. The van der Waals surface area contributed by atoms with Crippen LogP contribution in [0.5, 0.6) is 0 Å². The minimum atomic E-state index is -1.15. The summed E-state index contributed by atoms with van der Waals surface area (Å²) in [5.74, 6) is -1.08. The molecule has 4 heteroatoms. The SMILES string of the molecule is CC(C)(O)c1cc(C(=O)O)cc(C(C)(C)O)c1. The van der Waals surface area contributed by atoms with Crippen LogP contribution in [-0.4, -0.2) is 21.3 Å². The molecule has 0 bridgehead atoms. The van der Waals surface area contributed by atoms with E-state index in [1.807, 2.05) is 0 Å². The Morgan fingerprint density at radius 1 is 0.941 bits per heavy atom. The molecule has 0 aromatic heterocycles. The lowest BCUT2D eigenvalue weighted by molar-refractivity contribution is 0.0678. The average molecular weight is 238 g/mol. The molecule has 0 radical (unpaired) electrons. The smallest absolute Gasteiger partial charge is 0.335 e. The van der Waals surface area contributed by atoms with Crippen molar-refractivity contribution in [2.45, 2.75) is 38.9 Å². The molecule has 1 rings (SSSR count). The highest BCUT2D eigenvalue weighted by molar-refractivity contribution is 5.88. The van der Waals surface area contributed by atoms with E-state index < -0.39 is 17.2 Å². The van der Waals surface area contributed by atoms with Crippen LogP contribution in [0.25, 0.3) is 0 Å². The van der Waals surface area contributed by atoms with Gasteiger partial charge < -0.3 is 15.3 Å². The fraction of sp³-hybridized carbons (Fsp3) is 0.462. The molecule has 0 unspecified atom stereocenters. The molecule has 0 saturated carbocycles. The fourth-order valence-corrected chi connectivity index (χ4v) is 1.46. The Labute approximate surface area is 101 Å². The van der Waals surface area contributed by atoms with Crippen molar-refractivity contribution < 1.29 is 20.1 Å². The lowest BCUT2D eigenvalue weighted by atomic mass is 9.89. The van der Waals surface area contributed by atoms with Crippen LogP contribution in [0.3, 0.4) is 0 Å². The van der Waals surface area contributed by atoms with Crippen molar-refractivity contribution >= 4 is 5.97 Å². The summed E-state index contributed by atoms with van der Waals surface area (Å²) in [4.78, 5) is 11.0. The number of aliphatic hydroxyl groups is 2. The number of carboxylic acids is 1. The van der Waals surface area contributed by atoms with E-state index in [-0.39, 0.29) is 5.56 Å². The molecule has 0 heterocycles. The van der Waals surface area contributed by atoms with Crippen LogP contribution in [0.2, 0.25) is 0 Å². The fourth-order valence-electron chi connectivity index (χ4n) is 1.46. The van der Waals surface area contributed by atoms with Crippen LogP contribution in [0.15, 0.2) is 18.2 Å². The predicted octanol–water partition coefficient (Wildman–Crippen LogP) is 1.84. The van der Waals surface area contributed by atoms with Crippen molar-refractivity contribution in [3.63, 3.8) is 0 Å². The van der Waals surface area contributed by atoms with Gasteiger partial charge in [0.15, 0.2) is 0 Å². The summed E-state index contributed by atoms with van der Waals surface area (Å²) in [6.07, 6.45) is 0. The van der Waals surface area contributed by atoms with Crippen molar-refractivity contribution in [2.75, 3.05) is 0 Å². The van der Waals surface area contributed by atoms with Crippen molar-refractivity contribution in [2.24, 2.45) is 0 Å². The first-order valence-electron chi connectivity index (χ1n) is 5.36. The summed E-state index contributed by atoms with van der Waals surface area (Å²) < 4.78 is 0. The van der Waals surface area contributed by atoms with Crippen molar-refractivity contribution in [3.8, 4) is 0 Å². The zero-order chi connectivity index (χ0) is 13.4. The van der Waals surface area contributed by atoms with Gasteiger partial charge in [-0.25, -0.2) is 4.79 Å².